The molecule has 24 heavy (non-hydrogen) atoms. The molecule has 0 radical (unpaired) electrons. The molecule has 0 aliphatic carbocycles. The second kappa shape index (κ2) is 7.90. The fourth-order valence-electron chi connectivity index (χ4n) is 1.92. The Labute approximate surface area is 137 Å². The van der Waals surface area contributed by atoms with Crippen molar-refractivity contribution in [3.63, 3.8) is 0 Å². The summed E-state index contributed by atoms with van der Waals surface area (Å²) < 4.78 is 48.0. The van der Waals surface area contributed by atoms with Crippen LogP contribution in [0.4, 0.5) is 13.2 Å². The van der Waals surface area contributed by atoms with Crippen molar-refractivity contribution < 1.29 is 27.8 Å². The molecule has 2 rings (SSSR count). The summed E-state index contributed by atoms with van der Waals surface area (Å²) in [5, 5.41) is 9.41. The van der Waals surface area contributed by atoms with Crippen LogP contribution in [0.1, 0.15) is 24.0 Å². The highest BCUT2D eigenvalue weighted by atomic mass is 19.4. The van der Waals surface area contributed by atoms with E-state index in [1.807, 2.05) is 0 Å². The average Bonchev–Trinajstić information content (AvgIpc) is 2.53. The number of phenols is 1. The summed E-state index contributed by atoms with van der Waals surface area (Å²) in [6.07, 6.45) is -2.23. The third kappa shape index (κ3) is 5.33. The number of aromatic nitrogens is 1. The van der Waals surface area contributed by atoms with E-state index in [0.717, 1.165) is 24.2 Å². The molecular formula is C17H18F3NO3. The number of aromatic hydroxyl groups is 1. The summed E-state index contributed by atoms with van der Waals surface area (Å²) in [4.78, 5) is 3.63. The van der Waals surface area contributed by atoms with Crippen LogP contribution >= 0.6 is 0 Å². The molecule has 0 aliphatic rings. The number of benzene rings is 1. The van der Waals surface area contributed by atoms with Crippen molar-refractivity contribution in [3.05, 3.63) is 47.7 Å². The van der Waals surface area contributed by atoms with Crippen molar-refractivity contribution in [2.75, 3.05) is 13.2 Å². The molecular weight excluding hydrogens is 323 g/mol. The molecule has 2 aromatic rings. The first-order valence-corrected chi connectivity index (χ1v) is 7.45. The number of pyridine rings is 1. The standard InChI is InChI=1S/C17H18F3NO3/c1-12-10-14(5-6-15(12)22)23-8-2-3-9-24-16-7-4-13(11-21-16)17(18,19)20/h4-7,10-11,22H,2-3,8-9H2,1H3. The summed E-state index contributed by atoms with van der Waals surface area (Å²) in [6.45, 7) is 2.61. The van der Waals surface area contributed by atoms with Gasteiger partial charge >= 0.3 is 6.18 Å². The number of hydrogen-bond donors (Lipinski definition) is 1. The number of alkyl halides is 3. The molecule has 0 fully saturated rings. The van der Waals surface area contributed by atoms with E-state index in [1.54, 1.807) is 25.1 Å². The van der Waals surface area contributed by atoms with Crippen LogP contribution in [0.2, 0.25) is 0 Å². The lowest BCUT2D eigenvalue weighted by atomic mass is 10.2. The van der Waals surface area contributed by atoms with Crippen LogP contribution in [-0.4, -0.2) is 23.3 Å². The largest absolute Gasteiger partial charge is 0.508 e. The van der Waals surface area contributed by atoms with Crippen molar-refractivity contribution in [3.8, 4) is 17.4 Å². The van der Waals surface area contributed by atoms with Gasteiger partial charge in [-0.25, -0.2) is 4.98 Å². The molecule has 1 N–H and O–H groups in total. The minimum Gasteiger partial charge on any atom is -0.508 e. The van der Waals surface area contributed by atoms with Crippen molar-refractivity contribution in [1.82, 2.24) is 4.98 Å². The van der Waals surface area contributed by atoms with Gasteiger partial charge in [-0.15, -0.1) is 0 Å². The van der Waals surface area contributed by atoms with Crippen molar-refractivity contribution in [1.29, 1.82) is 0 Å². The van der Waals surface area contributed by atoms with E-state index in [2.05, 4.69) is 4.98 Å². The third-order valence-electron chi connectivity index (χ3n) is 3.29. The molecule has 0 bridgehead atoms. The summed E-state index contributed by atoms with van der Waals surface area (Å²) in [7, 11) is 0. The number of rotatable bonds is 7. The molecule has 1 aromatic carbocycles. The van der Waals surface area contributed by atoms with Gasteiger partial charge in [0.25, 0.3) is 0 Å². The fourth-order valence-corrected chi connectivity index (χ4v) is 1.92. The topological polar surface area (TPSA) is 51.6 Å². The van der Waals surface area contributed by atoms with Gasteiger partial charge in [-0.3, -0.25) is 0 Å². The molecule has 0 saturated heterocycles. The van der Waals surface area contributed by atoms with E-state index in [4.69, 9.17) is 9.47 Å². The Balaban J connectivity index is 1.65. The lowest BCUT2D eigenvalue weighted by Crippen LogP contribution is -2.07. The first-order valence-electron chi connectivity index (χ1n) is 7.45. The number of aryl methyl sites for hydroxylation is 1. The molecule has 0 atom stereocenters. The lowest BCUT2D eigenvalue weighted by Gasteiger charge is -2.09. The molecule has 7 heteroatoms. The van der Waals surface area contributed by atoms with Crippen molar-refractivity contribution >= 4 is 0 Å². The number of nitrogens with zero attached hydrogens (tertiary/aromatic N) is 1. The number of unbranched alkanes of at least 4 members (excludes halogenated alkanes) is 1. The number of ether oxygens (including phenoxy) is 2. The molecule has 0 aliphatic heterocycles. The van der Waals surface area contributed by atoms with Gasteiger partial charge in [0.1, 0.15) is 11.5 Å². The number of hydrogen-bond acceptors (Lipinski definition) is 4. The summed E-state index contributed by atoms with van der Waals surface area (Å²) in [5.41, 5.74) is -0.0587. The lowest BCUT2D eigenvalue weighted by molar-refractivity contribution is -0.137. The van der Waals surface area contributed by atoms with E-state index in [-0.39, 0.29) is 11.6 Å². The van der Waals surface area contributed by atoms with E-state index < -0.39 is 11.7 Å². The predicted molar refractivity (Wildman–Crippen MR) is 82.3 cm³/mol. The monoisotopic (exact) mass is 341 g/mol. The van der Waals surface area contributed by atoms with Crippen molar-refractivity contribution in [2.24, 2.45) is 0 Å². The maximum absolute atomic E-state index is 12.4. The van der Waals surface area contributed by atoms with Crippen LogP contribution in [0.25, 0.3) is 0 Å². The highest BCUT2D eigenvalue weighted by molar-refractivity contribution is 5.38. The predicted octanol–water partition coefficient (Wildman–Crippen LogP) is 4.35. The van der Waals surface area contributed by atoms with Crippen molar-refractivity contribution in [2.45, 2.75) is 25.9 Å². The Hall–Kier alpha value is -2.44. The Morgan fingerprint density at radius 2 is 1.75 bits per heavy atom. The first kappa shape index (κ1) is 17.9. The smallest absolute Gasteiger partial charge is 0.417 e. The Morgan fingerprint density at radius 3 is 2.33 bits per heavy atom. The zero-order valence-electron chi connectivity index (χ0n) is 13.1. The van der Waals surface area contributed by atoms with Crippen LogP contribution in [0.5, 0.6) is 17.4 Å². The van der Waals surface area contributed by atoms with E-state index in [1.165, 1.54) is 6.07 Å². The second-order valence-corrected chi connectivity index (χ2v) is 5.24. The van der Waals surface area contributed by atoms with E-state index in [9.17, 15) is 18.3 Å². The first-order chi connectivity index (χ1) is 11.4. The Morgan fingerprint density at radius 1 is 1.04 bits per heavy atom. The van der Waals surface area contributed by atoms with Crippen LogP contribution < -0.4 is 9.47 Å². The molecule has 0 unspecified atom stereocenters. The Kier molecular flexibility index (Phi) is 5.89. The third-order valence-corrected chi connectivity index (χ3v) is 3.29. The maximum Gasteiger partial charge on any atom is 0.417 e. The van der Waals surface area contributed by atoms with Crippen LogP contribution in [0.15, 0.2) is 36.5 Å². The van der Waals surface area contributed by atoms with E-state index >= 15 is 0 Å². The highest BCUT2D eigenvalue weighted by Gasteiger charge is 2.30. The van der Waals surface area contributed by atoms with Crippen LogP contribution in [-0.2, 0) is 6.18 Å². The summed E-state index contributed by atoms with van der Waals surface area (Å²) >= 11 is 0. The van der Waals surface area contributed by atoms with Gasteiger partial charge in [-0.2, -0.15) is 13.2 Å². The van der Waals surface area contributed by atoms with Gasteiger partial charge in [-0.05, 0) is 49.6 Å². The summed E-state index contributed by atoms with van der Waals surface area (Å²) in [5.74, 6) is 1.06. The summed E-state index contributed by atoms with van der Waals surface area (Å²) in [6, 6.07) is 7.16. The zero-order valence-corrected chi connectivity index (χ0v) is 13.1. The molecule has 0 saturated carbocycles. The molecule has 0 spiro atoms. The molecule has 130 valence electrons. The second-order valence-electron chi connectivity index (χ2n) is 5.24. The molecule has 1 aromatic heterocycles. The van der Waals surface area contributed by atoms with Gasteiger partial charge in [0.2, 0.25) is 5.88 Å². The number of phenolic OH excluding ortho intramolecular Hbond substituents is 1. The van der Waals surface area contributed by atoms with E-state index in [0.29, 0.717) is 25.4 Å². The number of halogens is 3. The fraction of sp³-hybridized carbons (Fsp3) is 0.353. The molecule has 4 nitrogen and oxygen atoms in total. The van der Waals surface area contributed by atoms with Gasteiger partial charge in [-0.1, -0.05) is 0 Å². The van der Waals surface area contributed by atoms with Gasteiger partial charge in [0.15, 0.2) is 0 Å². The molecule has 1 heterocycles. The maximum atomic E-state index is 12.4. The van der Waals surface area contributed by atoms with Gasteiger partial charge in [0, 0.05) is 12.3 Å². The van der Waals surface area contributed by atoms with Crippen LogP contribution in [0.3, 0.4) is 0 Å². The Bertz CT molecular complexity index is 657. The average molecular weight is 341 g/mol. The normalized spacial score (nSPS) is 11.3. The van der Waals surface area contributed by atoms with Gasteiger partial charge < -0.3 is 14.6 Å². The minimum atomic E-state index is -4.39. The van der Waals surface area contributed by atoms with Crippen LogP contribution in [0, 0.1) is 6.92 Å². The SMILES string of the molecule is Cc1cc(OCCCCOc2ccc(C(F)(F)F)cn2)ccc1O. The quantitative estimate of drug-likeness (QED) is 0.761. The highest BCUT2D eigenvalue weighted by Crippen LogP contribution is 2.29. The van der Waals surface area contributed by atoms with Gasteiger partial charge in [0.05, 0.1) is 18.8 Å². The molecule has 0 amide bonds. The minimum absolute atomic E-state index is 0.165. The zero-order chi connectivity index (χ0) is 17.6.